The van der Waals surface area contributed by atoms with Gasteiger partial charge in [0.25, 0.3) is 0 Å². The summed E-state index contributed by atoms with van der Waals surface area (Å²) in [5.74, 6) is 0.620. The number of rotatable bonds is 1. The van der Waals surface area contributed by atoms with Crippen LogP contribution in [0, 0.1) is 5.92 Å². The summed E-state index contributed by atoms with van der Waals surface area (Å²) in [5.41, 5.74) is 0.0321. The van der Waals surface area contributed by atoms with E-state index in [9.17, 15) is 0 Å². The molecule has 2 aliphatic heterocycles. The Kier molecular flexibility index (Phi) is 2.13. The van der Waals surface area contributed by atoms with E-state index in [4.69, 9.17) is 4.74 Å². The highest BCUT2D eigenvalue weighted by molar-refractivity contribution is 4.98. The lowest BCUT2D eigenvalue weighted by Crippen LogP contribution is -2.51. The van der Waals surface area contributed by atoms with Gasteiger partial charge in [0, 0.05) is 18.0 Å². The van der Waals surface area contributed by atoms with Crippen LogP contribution in [0.25, 0.3) is 0 Å². The van der Waals surface area contributed by atoms with Crippen LogP contribution in [0.5, 0.6) is 0 Å². The second-order valence-electron chi connectivity index (χ2n) is 5.09. The molecule has 0 aromatic rings. The van der Waals surface area contributed by atoms with E-state index in [1.165, 1.54) is 6.42 Å². The van der Waals surface area contributed by atoms with Crippen LogP contribution in [0.15, 0.2) is 0 Å². The highest BCUT2D eigenvalue weighted by Gasteiger charge is 2.46. The molecule has 76 valence electrons. The van der Waals surface area contributed by atoms with Crippen molar-refractivity contribution >= 4 is 0 Å². The molecule has 0 amide bonds. The van der Waals surface area contributed by atoms with Crippen molar-refractivity contribution in [1.82, 2.24) is 10.6 Å². The third-order valence-electron chi connectivity index (χ3n) is 3.16. The lowest BCUT2D eigenvalue weighted by Gasteiger charge is -2.32. The monoisotopic (exact) mass is 184 g/mol. The zero-order valence-corrected chi connectivity index (χ0v) is 8.81. The van der Waals surface area contributed by atoms with E-state index in [1.54, 1.807) is 0 Å². The molecule has 2 heterocycles. The summed E-state index contributed by atoms with van der Waals surface area (Å²) < 4.78 is 5.89. The fourth-order valence-corrected chi connectivity index (χ4v) is 2.42. The molecule has 2 N–H and O–H groups in total. The van der Waals surface area contributed by atoms with Crippen molar-refractivity contribution in [2.24, 2.45) is 5.92 Å². The van der Waals surface area contributed by atoms with Gasteiger partial charge in [0.1, 0.15) is 5.72 Å². The Labute approximate surface area is 80.2 Å². The smallest absolute Gasteiger partial charge is 0.121 e. The Morgan fingerprint density at radius 3 is 2.54 bits per heavy atom. The predicted octanol–water partition coefficient (Wildman–Crippen LogP) is 0.711. The molecular formula is C10H20N2O. The van der Waals surface area contributed by atoms with Crippen LogP contribution in [0.3, 0.4) is 0 Å². The summed E-state index contributed by atoms with van der Waals surface area (Å²) in [4.78, 5) is 0. The first-order valence-corrected chi connectivity index (χ1v) is 5.16. The Morgan fingerprint density at radius 1 is 1.31 bits per heavy atom. The maximum atomic E-state index is 5.89. The molecule has 2 aliphatic rings. The number of nitrogens with one attached hydrogen (secondary N) is 2. The number of hydrogen-bond acceptors (Lipinski definition) is 3. The van der Waals surface area contributed by atoms with Gasteiger partial charge in [0.2, 0.25) is 0 Å². The lowest BCUT2D eigenvalue weighted by molar-refractivity contribution is -0.0365. The van der Waals surface area contributed by atoms with Gasteiger partial charge in [-0.25, -0.2) is 0 Å². The molecule has 2 rings (SSSR count). The van der Waals surface area contributed by atoms with Gasteiger partial charge in [-0.15, -0.1) is 0 Å². The van der Waals surface area contributed by atoms with Crippen molar-refractivity contribution in [3.63, 3.8) is 0 Å². The van der Waals surface area contributed by atoms with E-state index in [-0.39, 0.29) is 11.3 Å². The van der Waals surface area contributed by atoms with E-state index in [0.29, 0.717) is 5.92 Å². The van der Waals surface area contributed by atoms with Gasteiger partial charge in [-0.1, -0.05) is 0 Å². The quantitative estimate of drug-likeness (QED) is 0.629. The average molecular weight is 184 g/mol. The molecule has 3 nitrogen and oxygen atoms in total. The van der Waals surface area contributed by atoms with E-state index < -0.39 is 0 Å². The van der Waals surface area contributed by atoms with Gasteiger partial charge < -0.3 is 10.1 Å². The van der Waals surface area contributed by atoms with Crippen molar-refractivity contribution < 1.29 is 4.74 Å². The molecule has 2 fully saturated rings. The fraction of sp³-hybridized carbons (Fsp3) is 1.00. The first-order chi connectivity index (χ1) is 6.02. The molecule has 3 heteroatoms. The molecule has 2 atom stereocenters. The standard InChI is InChI=1S/C10H20N2O/c1-9(2)7-13-10(3,12-9)8-4-5-11-6-8/h8,11-12H,4-7H2,1-3H3. The normalized spacial score (nSPS) is 44.1. The average Bonchev–Trinajstić information content (AvgIpc) is 2.58. The van der Waals surface area contributed by atoms with E-state index in [2.05, 4.69) is 31.4 Å². The van der Waals surface area contributed by atoms with E-state index in [1.807, 2.05) is 0 Å². The van der Waals surface area contributed by atoms with Crippen LogP contribution < -0.4 is 10.6 Å². The van der Waals surface area contributed by atoms with Crippen molar-refractivity contribution in [3.8, 4) is 0 Å². The van der Waals surface area contributed by atoms with Crippen molar-refractivity contribution in [3.05, 3.63) is 0 Å². The first kappa shape index (κ1) is 9.44. The Morgan fingerprint density at radius 2 is 2.08 bits per heavy atom. The minimum absolute atomic E-state index is 0.104. The van der Waals surface area contributed by atoms with Gasteiger partial charge in [-0.05, 0) is 33.7 Å². The van der Waals surface area contributed by atoms with Gasteiger partial charge in [0.15, 0.2) is 0 Å². The summed E-state index contributed by atoms with van der Waals surface area (Å²) in [6.45, 7) is 9.60. The summed E-state index contributed by atoms with van der Waals surface area (Å²) in [6, 6.07) is 0. The maximum Gasteiger partial charge on any atom is 0.121 e. The summed E-state index contributed by atoms with van der Waals surface area (Å²) in [6.07, 6.45) is 1.22. The number of hydrogen-bond donors (Lipinski definition) is 2. The summed E-state index contributed by atoms with van der Waals surface area (Å²) >= 11 is 0. The lowest BCUT2D eigenvalue weighted by atomic mass is 9.95. The Hall–Kier alpha value is -0.120. The zero-order chi connectivity index (χ0) is 9.53. The minimum atomic E-state index is -0.104. The van der Waals surface area contributed by atoms with Crippen LogP contribution in [0.4, 0.5) is 0 Å². The van der Waals surface area contributed by atoms with Gasteiger partial charge in [-0.3, -0.25) is 5.32 Å². The van der Waals surface area contributed by atoms with Gasteiger partial charge >= 0.3 is 0 Å². The molecule has 0 aliphatic carbocycles. The maximum absolute atomic E-state index is 5.89. The van der Waals surface area contributed by atoms with Gasteiger partial charge in [-0.2, -0.15) is 0 Å². The second-order valence-corrected chi connectivity index (χ2v) is 5.09. The van der Waals surface area contributed by atoms with Crippen LogP contribution in [0.1, 0.15) is 27.2 Å². The predicted molar refractivity (Wildman–Crippen MR) is 52.5 cm³/mol. The molecule has 0 bridgehead atoms. The SMILES string of the molecule is CC1(C)COC(C)(C2CCNC2)N1. The third kappa shape index (κ3) is 1.73. The van der Waals surface area contributed by atoms with E-state index in [0.717, 1.165) is 19.7 Å². The summed E-state index contributed by atoms with van der Waals surface area (Å²) in [5, 5.41) is 6.97. The molecule has 13 heavy (non-hydrogen) atoms. The highest BCUT2D eigenvalue weighted by Crippen LogP contribution is 2.32. The van der Waals surface area contributed by atoms with Crippen LogP contribution in [-0.4, -0.2) is 31.0 Å². The van der Waals surface area contributed by atoms with Crippen molar-refractivity contribution in [2.45, 2.75) is 38.5 Å². The number of ether oxygens (including phenoxy) is 1. The van der Waals surface area contributed by atoms with Crippen LogP contribution in [0.2, 0.25) is 0 Å². The summed E-state index contributed by atoms with van der Waals surface area (Å²) in [7, 11) is 0. The third-order valence-corrected chi connectivity index (χ3v) is 3.16. The van der Waals surface area contributed by atoms with Crippen LogP contribution in [-0.2, 0) is 4.74 Å². The second kappa shape index (κ2) is 2.94. The molecule has 0 radical (unpaired) electrons. The minimum Gasteiger partial charge on any atom is -0.359 e. The molecule has 2 saturated heterocycles. The molecule has 0 saturated carbocycles. The molecular weight excluding hydrogens is 164 g/mol. The van der Waals surface area contributed by atoms with Crippen LogP contribution >= 0.6 is 0 Å². The molecule has 0 aromatic carbocycles. The Balaban J connectivity index is 2.05. The van der Waals surface area contributed by atoms with Gasteiger partial charge in [0.05, 0.1) is 6.61 Å². The largest absolute Gasteiger partial charge is 0.359 e. The molecule has 2 unspecified atom stereocenters. The highest BCUT2D eigenvalue weighted by atomic mass is 16.5. The van der Waals surface area contributed by atoms with Crippen molar-refractivity contribution in [1.29, 1.82) is 0 Å². The first-order valence-electron chi connectivity index (χ1n) is 5.16. The Bertz CT molecular complexity index is 199. The van der Waals surface area contributed by atoms with E-state index >= 15 is 0 Å². The molecule has 0 aromatic heterocycles. The zero-order valence-electron chi connectivity index (χ0n) is 8.81. The topological polar surface area (TPSA) is 33.3 Å². The van der Waals surface area contributed by atoms with Crippen molar-refractivity contribution in [2.75, 3.05) is 19.7 Å². The fourth-order valence-electron chi connectivity index (χ4n) is 2.42. The molecule has 0 spiro atoms.